The highest BCUT2D eigenvalue weighted by Gasteiger charge is 2.29. The van der Waals surface area contributed by atoms with Gasteiger partial charge in [-0.15, -0.1) is 5.23 Å². The summed E-state index contributed by atoms with van der Waals surface area (Å²) >= 11 is 0. The largest absolute Gasteiger partial charge is 0.416 e. The molecule has 0 aliphatic rings. The molecule has 0 aliphatic carbocycles. The summed E-state index contributed by atoms with van der Waals surface area (Å²) in [6.07, 6.45) is -1.96. The molecule has 0 bridgehead atoms. The van der Waals surface area contributed by atoms with Gasteiger partial charge in [0.15, 0.2) is 0 Å². The normalized spacial score (nSPS) is 11.4. The van der Waals surface area contributed by atoms with E-state index in [1.807, 2.05) is 0 Å². The lowest BCUT2D eigenvalue weighted by Gasteiger charge is -2.18. The second kappa shape index (κ2) is 6.16. The van der Waals surface area contributed by atoms with Gasteiger partial charge in [-0.2, -0.15) is 13.2 Å². The van der Waals surface area contributed by atoms with Crippen molar-refractivity contribution in [3.05, 3.63) is 47.8 Å². The molecule has 2 N–H and O–H groups in total. The van der Waals surface area contributed by atoms with E-state index < -0.39 is 11.7 Å². The topological polar surface area (TPSA) is 72.7 Å². The summed E-state index contributed by atoms with van der Waals surface area (Å²) in [5, 5.41) is 17.5. The van der Waals surface area contributed by atoms with Gasteiger partial charge in [-0.05, 0) is 17.7 Å². The van der Waals surface area contributed by atoms with Crippen LogP contribution in [0.4, 0.5) is 24.8 Å². The van der Waals surface area contributed by atoms with Gasteiger partial charge >= 0.3 is 6.18 Å². The van der Waals surface area contributed by atoms with E-state index in [0.717, 1.165) is 12.1 Å². The second-order valence-corrected chi connectivity index (χ2v) is 4.58. The minimum absolute atomic E-state index is 0.00770. The van der Waals surface area contributed by atoms with Crippen LogP contribution in [-0.4, -0.2) is 27.4 Å². The van der Waals surface area contributed by atoms with Gasteiger partial charge in [-0.25, -0.2) is 9.97 Å². The molecule has 0 saturated carbocycles. The fourth-order valence-electron chi connectivity index (χ4n) is 1.76. The number of rotatable bonds is 4. The molecule has 9 heteroatoms. The Morgan fingerprint density at radius 3 is 2.05 bits per heavy atom. The molecule has 2 rings (SSSR count). The number of hydrogen-bond acceptors (Lipinski definition) is 6. The molecule has 1 heterocycles. The van der Waals surface area contributed by atoms with Crippen LogP contribution in [0.2, 0.25) is 0 Å². The maximum Gasteiger partial charge on any atom is 0.416 e. The molecule has 0 unspecified atom stereocenters. The molecule has 0 aliphatic heterocycles. The van der Waals surface area contributed by atoms with Gasteiger partial charge in [0.2, 0.25) is 5.95 Å². The van der Waals surface area contributed by atoms with E-state index in [1.54, 1.807) is 11.9 Å². The highest BCUT2D eigenvalue weighted by molar-refractivity contribution is 5.40. The summed E-state index contributed by atoms with van der Waals surface area (Å²) < 4.78 is 37.4. The van der Waals surface area contributed by atoms with Crippen molar-refractivity contribution < 1.29 is 23.6 Å². The number of anilines is 2. The average molecular weight is 314 g/mol. The van der Waals surface area contributed by atoms with Crippen molar-refractivity contribution in [1.29, 1.82) is 0 Å². The van der Waals surface area contributed by atoms with Crippen LogP contribution < -0.4 is 10.1 Å². The molecule has 6 nitrogen and oxygen atoms in total. The smallest absolute Gasteiger partial charge is 0.340 e. The molecule has 118 valence electrons. The summed E-state index contributed by atoms with van der Waals surface area (Å²) in [6, 6.07) is 4.80. The van der Waals surface area contributed by atoms with Crippen molar-refractivity contribution in [2.24, 2.45) is 0 Å². The van der Waals surface area contributed by atoms with Gasteiger partial charge in [0.1, 0.15) is 5.69 Å². The van der Waals surface area contributed by atoms with E-state index >= 15 is 0 Å². The molecule has 0 radical (unpaired) electrons. The molecular weight excluding hydrogens is 301 g/mol. The molecule has 2 aromatic rings. The first-order valence-corrected chi connectivity index (χ1v) is 6.14. The summed E-state index contributed by atoms with van der Waals surface area (Å²) in [5.41, 5.74) is -0.0497. The fraction of sp³-hybridized carbons (Fsp3) is 0.231. The van der Waals surface area contributed by atoms with E-state index in [1.165, 1.54) is 24.5 Å². The predicted octanol–water partition coefficient (Wildman–Crippen LogP) is 2.72. The van der Waals surface area contributed by atoms with E-state index in [4.69, 9.17) is 10.4 Å². The highest BCUT2D eigenvalue weighted by Crippen LogP contribution is 2.29. The number of aromatic nitrogens is 2. The SMILES string of the molecule is CN(Cc1ccc(C(F)(F)F)cc1)c1ncc(N(O)O)cn1. The molecule has 22 heavy (non-hydrogen) atoms. The Bertz CT molecular complexity index is 615. The molecule has 0 fully saturated rings. The van der Waals surface area contributed by atoms with Crippen LogP contribution in [0.5, 0.6) is 0 Å². The Hall–Kier alpha value is -2.39. The zero-order valence-corrected chi connectivity index (χ0v) is 11.5. The summed E-state index contributed by atoms with van der Waals surface area (Å²) in [6.45, 7) is 0.305. The van der Waals surface area contributed by atoms with Gasteiger partial charge < -0.3 is 4.90 Å². The molecular formula is C13H13F3N4O2. The lowest BCUT2D eigenvalue weighted by Crippen LogP contribution is -2.20. The standard InChI is InChI=1S/C13H13F3N4O2/c1-19(12-17-6-11(7-18-12)20(21)22)8-9-2-4-10(5-3-9)13(14,15)16/h2-7,21-22H,8H2,1H3. The predicted molar refractivity (Wildman–Crippen MR) is 71.6 cm³/mol. The van der Waals surface area contributed by atoms with Gasteiger partial charge in [0, 0.05) is 13.6 Å². The van der Waals surface area contributed by atoms with Crippen LogP contribution >= 0.6 is 0 Å². The van der Waals surface area contributed by atoms with E-state index in [0.29, 0.717) is 18.1 Å². The van der Waals surface area contributed by atoms with Gasteiger partial charge in [0.05, 0.1) is 18.0 Å². The zero-order chi connectivity index (χ0) is 16.3. The fourth-order valence-corrected chi connectivity index (χ4v) is 1.76. The van der Waals surface area contributed by atoms with Crippen molar-refractivity contribution >= 4 is 11.6 Å². The van der Waals surface area contributed by atoms with Crippen LogP contribution in [0.3, 0.4) is 0 Å². The Kier molecular flexibility index (Phi) is 4.48. The Morgan fingerprint density at radius 1 is 1.05 bits per heavy atom. The van der Waals surface area contributed by atoms with Crippen molar-refractivity contribution in [1.82, 2.24) is 9.97 Å². The van der Waals surface area contributed by atoms with Gasteiger partial charge in [0.25, 0.3) is 0 Å². The lowest BCUT2D eigenvalue weighted by molar-refractivity contribution is -0.137. The monoisotopic (exact) mass is 314 g/mol. The first-order chi connectivity index (χ1) is 10.3. The van der Waals surface area contributed by atoms with Crippen LogP contribution in [0.1, 0.15) is 11.1 Å². The van der Waals surface area contributed by atoms with Gasteiger partial charge in [-0.1, -0.05) is 12.1 Å². The number of benzene rings is 1. The lowest BCUT2D eigenvalue weighted by atomic mass is 10.1. The van der Waals surface area contributed by atoms with E-state index in [-0.39, 0.29) is 10.9 Å². The minimum atomic E-state index is -4.36. The van der Waals surface area contributed by atoms with Crippen LogP contribution in [-0.2, 0) is 12.7 Å². The van der Waals surface area contributed by atoms with E-state index in [9.17, 15) is 13.2 Å². The molecule has 0 spiro atoms. The maximum atomic E-state index is 12.5. The first-order valence-electron chi connectivity index (χ1n) is 6.14. The number of nitrogens with zero attached hydrogens (tertiary/aromatic N) is 4. The van der Waals surface area contributed by atoms with Crippen LogP contribution in [0, 0.1) is 0 Å². The zero-order valence-electron chi connectivity index (χ0n) is 11.5. The van der Waals surface area contributed by atoms with Crippen molar-refractivity contribution in [3.8, 4) is 0 Å². The highest BCUT2D eigenvalue weighted by atomic mass is 19.4. The summed E-state index contributed by atoms with van der Waals surface area (Å²) in [5.74, 6) is 0.297. The Balaban J connectivity index is 2.06. The average Bonchev–Trinajstić information content (AvgIpc) is 2.47. The second-order valence-electron chi connectivity index (χ2n) is 4.58. The third-order valence-corrected chi connectivity index (χ3v) is 2.90. The van der Waals surface area contributed by atoms with Crippen LogP contribution in [0.15, 0.2) is 36.7 Å². The quantitative estimate of drug-likeness (QED) is 0.846. The number of halogens is 3. The third-order valence-electron chi connectivity index (χ3n) is 2.90. The Labute approximate surface area is 124 Å². The molecule has 1 aromatic carbocycles. The van der Waals surface area contributed by atoms with E-state index in [2.05, 4.69) is 9.97 Å². The van der Waals surface area contributed by atoms with Crippen molar-refractivity contribution in [2.45, 2.75) is 12.7 Å². The minimum Gasteiger partial charge on any atom is -0.340 e. The van der Waals surface area contributed by atoms with Crippen molar-refractivity contribution in [2.75, 3.05) is 17.2 Å². The molecule has 0 amide bonds. The van der Waals surface area contributed by atoms with Crippen molar-refractivity contribution in [3.63, 3.8) is 0 Å². The third kappa shape index (κ3) is 3.83. The van der Waals surface area contributed by atoms with Gasteiger partial charge in [-0.3, -0.25) is 10.4 Å². The summed E-state index contributed by atoms with van der Waals surface area (Å²) in [7, 11) is 1.67. The molecule has 0 atom stereocenters. The maximum absolute atomic E-state index is 12.5. The first kappa shape index (κ1) is 16.0. The van der Waals surface area contributed by atoms with Crippen LogP contribution in [0.25, 0.3) is 0 Å². The summed E-state index contributed by atoms with van der Waals surface area (Å²) in [4.78, 5) is 9.47. The number of alkyl halides is 3. The molecule has 0 saturated heterocycles. The number of hydrogen-bond donors (Lipinski definition) is 2. The Morgan fingerprint density at radius 2 is 1.59 bits per heavy atom. The molecule has 1 aromatic heterocycles.